The maximum atomic E-state index is 5.25. The molecule has 0 N–H and O–H groups in total. The van der Waals surface area contributed by atoms with Crippen LogP contribution in [-0.4, -0.2) is 24.9 Å². The first-order valence-corrected chi connectivity index (χ1v) is 18.7. The van der Waals surface area contributed by atoms with E-state index in [1.54, 1.807) is 0 Å². The Kier molecular flexibility index (Phi) is 8.43. The SMILES string of the molecule is c1ccc(-c2cc(-c3ccc(-c4c(-c5nc(-c6ccccc6)nc(-c6ccccc6)n5)c5ccccc5c5ccccc45)cc3)nc(-c3ccccc3)n2)cc1. The number of aromatic nitrogens is 5. The molecule has 0 bridgehead atoms. The molecule has 2 aromatic heterocycles. The molecule has 0 amide bonds. The number of rotatable bonds is 7. The van der Waals surface area contributed by atoms with Crippen LogP contribution in [0.2, 0.25) is 0 Å². The Hall–Kier alpha value is -7.63. The quantitative estimate of drug-likeness (QED) is 0.154. The molecule has 0 spiro atoms. The summed E-state index contributed by atoms with van der Waals surface area (Å²) in [4.78, 5) is 25.6. The number of fused-ring (bicyclic) bond motifs is 3. The molecule has 2 heterocycles. The van der Waals surface area contributed by atoms with Crippen molar-refractivity contribution in [2.24, 2.45) is 0 Å². The normalized spacial score (nSPS) is 11.2. The Balaban J connectivity index is 1.20. The van der Waals surface area contributed by atoms with E-state index >= 15 is 0 Å². The Morgan fingerprint density at radius 3 is 1.00 bits per heavy atom. The summed E-state index contributed by atoms with van der Waals surface area (Å²) in [5.74, 6) is 2.56. The van der Waals surface area contributed by atoms with Gasteiger partial charge in [0.05, 0.1) is 11.4 Å². The van der Waals surface area contributed by atoms with Crippen molar-refractivity contribution in [1.82, 2.24) is 24.9 Å². The molecule has 0 fully saturated rings. The third-order valence-electron chi connectivity index (χ3n) is 10.2. The highest BCUT2D eigenvalue weighted by Gasteiger charge is 2.22. The number of hydrogen-bond acceptors (Lipinski definition) is 5. The number of hydrogen-bond donors (Lipinski definition) is 0. The highest BCUT2D eigenvalue weighted by molar-refractivity contribution is 6.21. The smallest absolute Gasteiger partial charge is 0.165 e. The van der Waals surface area contributed by atoms with Crippen LogP contribution in [0, 0.1) is 0 Å². The average Bonchev–Trinajstić information content (AvgIpc) is 3.29. The molecule has 5 nitrogen and oxygen atoms in total. The van der Waals surface area contributed by atoms with Crippen molar-refractivity contribution in [2.45, 2.75) is 0 Å². The van der Waals surface area contributed by atoms with Gasteiger partial charge in [0.25, 0.3) is 0 Å². The van der Waals surface area contributed by atoms with Gasteiger partial charge in [-0.15, -0.1) is 0 Å². The lowest BCUT2D eigenvalue weighted by atomic mass is 9.87. The monoisotopic (exact) mass is 715 g/mol. The van der Waals surface area contributed by atoms with Crippen LogP contribution in [0.15, 0.2) is 200 Å². The fourth-order valence-corrected chi connectivity index (χ4v) is 7.47. The van der Waals surface area contributed by atoms with Crippen molar-refractivity contribution in [1.29, 1.82) is 0 Å². The van der Waals surface area contributed by atoms with E-state index in [2.05, 4.69) is 103 Å². The molecule has 8 aromatic carbocycles. The third kappa shape index (κ3) is 6.17. The maximum absolute atomic E-state index is 5.25. The Bertz CT molecular complexity index is 2870. The van der Waals surface area contributed by atoms with E-state index in [1.165, 1.54) is 5.39 Å². The zero-order valence-corrected chi connectivity index (χ0v) is 30.3. The summed E-state index contributed by atoms with van der Waals surface area (Å²) >= 11 is 0. The molecule has 0 aliphatic heterocycles. The Labute approximate surface area is 324 Å². The lowest BCUT2D eigenvalue weighted by Gasteiger charge is -2.18. The number of nitrogens with zero attached hydrogens (tertiary/aromatic N) is 5. The molecule has 0 saturated carbocycles. The fraction of sp³-hybridized carbons (Fsp3) is 0. The highest BCUT2D eigenvalue weighted by Crippen LogP contribution is 2.44. The van der Waals surface area contributed by atoms with Gasteiger partial charge in [0.1, 0.15) is 0 Å². The van der Waals surface area contributed by atoms with Crippen LogP contribution >= 0.6 is 0 Å². The van der Waals surface area contributed by atoms with Gasteiger partial charge in [-0.2, -0.15) is 0 Å². The Morgan fingerprint density at radius 2 is 0.536 bits per heavy atom. The zero-order valence-electron chi connectivity index (χ0n) is 30.3. The number of benzene rings is 8. The van der Waals surface area contributed by atoms with Crippen molar-refractivity contribution in [3.05, 3.63) is 200 Å². The van der Waals surface area contributed by atoms with E-state index < -0.39 is 0 Å². The fourth-order valence-electron chi connectivity index (χ4n) is 7.47. The summed E-state index contributed by atoms with van der Waals surface area (Å²) in [7, 11) is 0. The van der Waals surface area contributed by atoms with E-state index in [4.69, 9.17) is 24.9 Å². The summed E-state index contributed by atoms with van der Waals surface area (Å²) in [6, 6.07) is 68.7. The van der Waals surface area contributed by atoms with Gasteiger partial charge in [0.15, 0.2) is 23.3 Å². The topological polar surface area (TPSA) is 64.5 Å². The van der Waals surface area contributed by atoms with Crippen molar-refractivity contribution in [2.75, 3.05) is 0 Å². The molecule has 262 valence electrons. The van der Waals surface area contributed by atoms with E-state index in [9.17, 15) is 0 Å². The van der Waals surface area contributed by atoms with Crippen LogP contribution in [0.1, 0.15) is 0 Å². The minimum absolute atomic E-state index is 0.620. The largest absolute Gasteiger partial charge is 0.228 e. The van der Waals surface area contributed by atoms with Crippen LogP contribution < -0.4 is 0 Å². The molecular weight excluding hydrogens is 683 g/mol. The molecule has 0 aliphatic rings. The van der Waals surface area contributed by atoms with E-state index in [0.717, 1.165) is 72.1 Å². The van der Waals surface area contributed by atoms with Crippen molar-refractivity contribution in [3.63, 3.8) is 0 Å². The van der Waals surface area contributed by atoms with Gasteiger partial charge >= 0.3 is 0 Å². The van der Waals surface area contributed by atoms with Gasteiger partial charge in [-0.3, -0.25) is 0 Å². The van der Waals surface area contributed by atoms with Gasteiger partial charge in [0, 0.05) is 38.9 Å². The van der Waals surface area contributed by atoms with Gasteiger partial charge in [-0.25, -0.2) is 24.9 Å². The van der Waals surface area contributed by atoms with Gasteiger partial charge in [-0.1, -0.05) is 194 Å². The minimum Gasteiger partial charge on any atom is -0.228 e. The van der Waals surface area contributed by atoms with Crippen LogP contribution in [-0.2, 0) is 0 Å². The van der Waals surface area contributed by atoms with Crippen molar-refractivity contribution < 1.29 is 0 Å². The van der Waals surface area contributed by atoms with Crippen LogP contribution in [0.25, 0.3) is 101 Å². The first kappa shape index (κ1) is 33.0. The van der Waals surface area contributed by atoms with Crippen molar-refractivity contribution in [3.8, 4) is 79.2 Å². The van der Waals surface area contributed by atoms with Crippen LogP contribution in [0.4, 0.5) is 0 Å². The lowest BCUT2D eigenvalue weighted by Crippen LogP contribution is -2.02. The van der Waals surface area contributed by atoms with Crippen molar-refractivity contribution >= 4 is 21.5 Å². The standard InChI is InChI=1S/C51H33N5/c1-5-17-34(18-6-1)44-33-45(53-48(52-44)37-19-7-2-8-20-37)35-29-31-36(32-30-35)46-42-27-15-13-25-40(42)41-26-14-16-28-43(41)47(46)51-55-49(38-21-9-3-10-22-38)54-50(56-51)39-23-11-4-12-24-39/h1-33H. The molecule has 0 unspecified atom stereocenters. The molecule has 56 heavy (non-hydrogen) atoms. The zero-order chi connectivity index (χ0) is 37.3. The van der Waals surface area contributed by atoms with E-state index in [-0.39, 0.29) is 0 Å². The summed E-state index contributed by atoms with van der Waals surface area (Å²) in [6.07, 6.45) is 0. The van der Waals surface area contributed by atoms with Gasteiger partial charge in [-0.05, 0) is 33.2 Å². The molecule has 10 aromatic rings. The van der Waals surface area contributed by atoms with E-state index in [0.29, 0.717) is 23.3 Å². The second-order valence-corrected chi connectivity index (χ2v) is 13.7. The molecule has 0 radical (unpaired) electrons. The van der Waals surface area contributed by atoms with Gasteiger partial charge in [0.2, 0.25) is 0 Å². The molecule has 5 heteroatoms. The molecule has 0 atom stereocenters. The van der Waals surface area contributed by atoms with Gasteiger partial charge < -0.3 is 0 Å². The molecule has 0 aliphatic carbocycles. The first-order valence-electron chi connectivity index (χ1n) is 18.7. The highest BCUT2D eigenvalue weighted by atomic mass is 15.0. The van der Waals surface area contributed by atoms with E-state index in [1.807, 2.05) is 97.1 Å². The first-order chi connectivity index (χ1) is 27.8. The third-order valence-corrected chi connectivity index (χ3v) is 10.2. The Morgan fingerprint density at radius 1 is 0.214 bits per heavy atom. The summed E-state index contributed by atoms with van der Waals surface area (Å²) in [6.45, 7) is 0. The molecule has 10 rings (SSSR count). The predicted molar refractivity (Wildman–Crippen MR) is 228 cm³/mol. The van der Waals surface area contributed by atoms with Crippen LogP contribution in [0.3, 0.4) is 0 Å². The average molecular weight is 716 g/mol. The second kappa shape index (κ2) is 14.3. The summed E-state index contributed by atoms with van der Waals surface area (Å²) in [5, 5.41) is 4.51. The molecule has 0 saturated heterocycles. The molecular formula is C51H33N5. The van der Waals surface area contributed by atoms with Crippen LogP contribution in [0.5, 0.6) is 0 Å². The maximum Gasteiger partial charge on any atom is 0.165 e. The predicted octanol–water partition coefficient (Wildman–Crippen LogP) is 12.6. The minimum atomic E-state index is 0.620. The second-order valence-electron chi connectivity index (χ2n) is 13.7. The summed E-state index contributed by atoms with van der Waals surface area (Å²) in [5.41, 5.74) is 9.67. The lowest BCUT2D eigenvalue weighted by molar-refractivity contribution is 1.08. The summed E-state index contributed by atoms with van der Waals surface area (Å²) < 4.78 is 0.